The summed E-state index contributed by atoms with van der Waals surface area (Å²) in [7, 11) is 0. The molecule has 0 spiro atoms. The molecular weight excluding hydrogens is 416 g/mol. The molecule has 3 aromatic carbocycles. The predicted octanol–water partition coefficient (Wildman–Crippen LogP) is 6.61. The molecule has 0 bridgehead atoms. The zero-order valence-corrected chi connectivity index (χ0v) is 19.3. The molecule has 32 heavy (non-hydrogen) atoms. The van der Waals surface area contributed by atoms with Gasteiger partial charge in [0.1, 0.15) is 5.75 Å². The Hall–Kier alpha value is -3.44. The number of thiazole rings is 1. The number of carbonyl (C=O) groups excluding carboxylic acids is 1. The smallest absolute Gasteiger partial charge is 0.255 e. The minimum atomic E-state index is -0.127. The second kappa shape index (κ2) is 9.79. The van der Waals surface area contributed by atoms with E-state index in [0.717, 1.165) is 45.2 Å². The number of ether oxygens (including phenoxy) is 1. The molecular formula is C27H26N2O2S. The van der Waals surface area contributed by atoms with Crippen molar-refractivity contribution >= 4 is 22.9 Å². The normalized spacial score (nSPS) is 10.7. The number of benzene rings is 3. The number of hydrogen-bond donors (Lipinski definition) is 1. The van der Waals surface area contributed by atoms with Crippen LogP contribution in [0.15, 0.2) is 72.1 Å². The van der Waals surface area contributed by atoms with Gasteiger partial charge in [-0.1, -0.05) is 30.3 Å². The van der Waals surface area contributed by atoms with Crippen molar-refractivity contribution in [2.45, 2.75) is 27.2 Å². The van der Waals surface area contributed by atoms with Gasteiger partial charge in [-0.05, 0) is 79.4 Å². The molecule has 0 fully saturated rings. The van der Waals surface area contributed by atoms with Crippen molar-refractivity contribution in [2.24, 2.45) is 0 Å². The van der Waals surface area contributed by atoms with E-state index in [9.17, 15) is 4.79 Å². The van der Waals surface area contributed by atoms with Crippen LogP contribution in [0.3, 0.4) is 0 Å². The van der Waals surface area contributed by atoms with E-state index in [2.05, 4.69) is 34.7 Å². The predicted molar refractivity (Wildman–Crippen MR) is 132 cm³/mol. The summed E-state index contributed by atoms with van der Waals surface area (Å²) < 4.78 is 5.81. The standard InChI is InChI=1S/C27H26N2O2S/c1-18-15-22(16-26(19(18)2)21-7-5-4-6-8-21)27(30)29-23-9-11-25(12-10-23)31-14-13-24-17-32-20(3)28-24/h4-12,15-17H,13-14H2,1-3H3,(H,29,30). The van der Waals surface area contributed by atoms with E-state index in [1.54, 1.807) is 11.3 Å². The van der Waals surface area contributed by atoms with Gasteiger partial charge in [0.15, 0.2) is 0 Å². The van der Waals surface area contributed by atoms with Crippen molar-refractivity contribution < 1.29 is 9.53 Å². The molecule has 0 saturated carbocycles. The molecule has 0 saturated heterocycles. The highest BCUT2D eigenvalue weighted by molar-refractivity contribution is 7.09. The minimum Gasteiger partial charge on any atom is -0.493 e. The van der Waals surface area contributed by atoms with E-state index in [-0.39, 0.29) is 5.91 Å². The maximum atomic E-state index is 12.9. The van der Waals surface area contributed by atoms with Gasteiger partial charge in [-0.25, -0.2) is 4.98 Å². The molecule has 5 heteroatoms. The fraction of sp³-hybridized carbons (Fsp3) is 0.185. The highest BCUT2D eigenvalue weighted by atomic mass is 32.1. The summed E-state index contributed by atoms with van der Waals surface area (Å²) in [6, 6.07) is 21.5. The average Bonchev–Trinajstić information content (AvgIpc) is 3.22. The highest BCUT2D eigenvalue weighted by Gasteiger charge is 2.12. The number of hydrogen-bond acceptors (Lipinski definition) is 4. The molecule has 1 N–H and O–H groups in total. The van der Waals surface area contributed by atoms with E-state index in [4.69, 9.17) is 4.74 Å². The maximum Gasteiger partial charge on any atom is 0.255 e. The maximum absolute atomic E-state index is 12.9. The van der Waals surface area contributed by atoms with Crippen molar-refractivity contribution in [1.82, 2.24) is 4.98 Å². The summed E-state index contributed by atoms with van der Waals surface area (Å²) in [5, 5.41) is 6.12. The van der Waals surface area contributed by atoms with Crippen LogP contribution in [0.5, 0.6) is 5.75 Å². The van der Waals surface area contributed by atoms with E-state index >= 15 is 0 Å². The lowest BCUT2D eigenvalue weighted by Crippen LogP contribution is -2.12. The summed E-state index contributed by atoms with van der Waals surface area (Å²) in [6.45, 7) is 6.70. The van der Waals surface area contributed by atoms with Crippen molar-refractivity contribution in [3.05, 3.63) is 99.5 Å². The number of aromatic nitrogens is 1. The van der Waals surface area contributed by atoms with E-state index in [1.165, 1.54) is 5.56 Å². The van der Waals surface area contributed by atoms with Crippen LogP contribution in [0.2, 0.25) is 0 Å². The fourth-order valence-corrected chi connectivity index (χ4v) is 4.19. The van der Waals surface area contributed by atoms with Gasteiger partial charge in [-0.2, -0.15) is 0 Å². The molecule has 0 aliphatic heterocycles. The molecule has 0 unspecified atom stereocenters. The molecule has 1 heterocycles. The van der Waals surface area contributed by atoms with Gasteiger partial charge in [0, 0.05) is 23.1 Å². The van der Waals surface area contributed by atoms with Gasteiger partial charge in [-0.3, -0.25) is 4.79 Å². The molecule has 0 radical (unpaired) electrons. The van der Waals surface area contributed by atoms with Crippen LogP contribution in [0.1, 0.15) is 32.2 Å². The lowest BCUT2D eigenvalue weighted by atomic mass is 9.94. The molecule has 4 rings (SSSR count). The van der Waals surface area contributed by atoms with Crippen LogP contribution >= 0.6 is 11.3 Å². The first kappa shape index (κ1) is 21.8. The Balaban J connectivity index is 1.41. The summed E-state index contributed by atoms with van der Waals surface area (Å²) in [5.74, 6) is 0.644. The van der Waals surface area contributed by atoms with E-state index in [1.807, 2.05) is 68.4 Å². The second-order valence-corrected chi connectivity index (χ2v) is 8.83. The van der Waals surface area contributed by atoms with Gasteiger partial charge >= 0.3 is 0 Å². The number of carbonyl (C=O) groups is 1. The average molecular weight is 443 g/mol. The Labute approximate surface area is 192 Å². The van der Waals surface area contributed by atoms with Crippen LogP contribution in [0.4, 0.5) is 5.69 Å². The van der Waals surface area contributed by atoms with Crippen LogP contribution in [-0.4, -0.2) is 17.5 Å². The SMILES string of the molecule is Cc1nc(CCOc2ccc(NC(=O)c3cc(C)c(C)c(-c4ccccc4)c3)cc2)cs1. The summed E-state index contributed by atoms with van der Waals surface area (Å²) in [6.07, 6.45) is 0.777. The molecule has 0 aliphatic rings. The van der Waals surface area contributed by atoms with Crippen LogP contribution in [0, 0.1) is 20.8 Å². The largest absolute Gasteiger partial charge is 0.493 e. The Morgan fingerprint density at radius 1 is 1.00 bits per heavy atom. The molecule has 1 aromatic heterocycles. The molecule has 4 nitrogen and oxygen atoms in total. The first-order valence-corrected chi connectivity index (χ1v) is 11.5. The third kappa shape index (κ3) is 5.24. The van der Waals surface area contributed by atoms with Crippen LogP contribution in [0.25, 0.3) is 11.1 Å². The number of amides is 1. The summed E-state index contributed by atoms with van der Waals surface area (Å²) in [5.41, 5.74) is 6.90. The molecule has 0 aliphatic carbocycles. The third-order valence-electron chi connectivity index (χ3n) is 5.42. The highest BCUT2D eigenvalue weighted by Crippen LogP contribution is 2.27. The number of anilines is 1. The Morgan fingerprint density at radius 2 is 1.75 bits per heavy atom. The second-order valence-electron chi connectivity index (χ2n) is 7.77. The summed E-state index contributed by atoms with van der Waals surface area (Å²) in [4.78, 5) is 17.4. The molecule has 0 atom stereocenters. The summed E-state index contributed by atoms with van der Waals surface area (Å²) >= 11 is 1.65. The number of nitrogens with one attached hydrogen (secondary N) is 1. The monoisotopic (exact) mass is 442 g/mol. The fourth-order valence-electron chi connectivity index (χ4n) is 3.54. The van der Waals surface area contributed by atoms with Gasteiger partial charge in [0.05, 0.1) is 17.3 Å². The molecule has 162 valence electrons. The van der Waals surface area contributed by atoms with E-state index < -0.39 is 0 Å². The molecule has 4 aromatic rings. The Bertz CT molecular complexity index is 1210. The minimum absolute atomic E-state index is 0.127. The zero-order chi connectivity index (χ0) is 22.5. The number of rotatable bonds is 7. The van der Waals surface area contributed by atoms with Gasteiger partial charge in [-0.15, -0.1) is 11.3 Å². The number of aryl methyl sites for hydroxylation is 2. The van der Waals surface area contributed by atoms with Gasteiger partial charge in [0.2, 0.25) is 0 Å². The van der Waals surface area contributed by atoms with E-state index in [0.29, 0.717) is 12.2 Å². The topological polar surface area (TPSA) is 51.2 Å². The Kier molecular flexibility index (Phi) is 6.66. The Morgan fingerprint density at radius 3 is 2.44 bits per heavy atom. The first-order chi connectivity index (χ1) is 15.5. The first-order valence-electron chi connectivity index (χ1n) is 10.6. The lowest BCUT2D eigenvalue weighted by molar-refractivity contribution is 0.102. The molecule has 1 amide bonds. The van der Waals surface area contributed by atoms with Crippen LogP contribution in [-0.2, 0) is 6.42 Å². The van der Waals surface area contributed by atoms with Crippen LogP contribution < -0.4 is 10.1 Å². The van der Waals surface area contributed by atoms with Crippen molar-refractivity contribution in [1.29, 1.82) is 0 Å². The van der Waals surface area contributed by atoms with Gasteiger partial charge < -0.3 is 10.1 Å². The van der Waals surface area contributed by atoms with Crippen molar-refractivity contribution in [3.63, 3.8) is 0 Å². The lowest BCUT2D eigenvalue weighted by Gasteiger charge is -2.13. The van der Waals surface area contributed by atoms with Gasteiger partial charge in [0.25, 0.3) is 5.91 Å². The quantitative estimate of drug-likeness (QED) is 0.350. The third-order valence-corrected chi connectivity index (χ3v) is 6.24. The van der Waals surface area contributed by atoms with Crippen molar-refractivity contribution in [2.75, 3.05) is 11.9 Å². The zero-order valence-electron chi connectivity index (χ0n) is 18.5. The number of nitrogens with zero attached hydrogens (tertiary/aromatic N) is 1. The van der Waals surface area contributed by atoms with Crippen molar-refractivity contribution in [3.8, 4) is 16.9 Å².